The van der Waals surface area contributed by atoms with Crippen LogP contribution in [0, 0.1) is 0 Å². The molecule has 1 atom stereocenters. The first-order valence-corrected chi connectivity index (χ1v) is 11.4. The third-order valence-electron chi connectivity index (χ3n) is 5.56. The quantitative estimate of drug-likeness (QED) is 0.583. The van der Waals surface area contributed by atoms with Crippen molar-refractivity contribution in [2.45, 2.75) is 57.7 Å². The summed E-state index contributed by atoms with van der Waals surface area (Å²) in [6, 6.07) is 14.0. The predicted molar refractivity (Wildman–Crippen MR) is 123 cm³/mol. The van der Waals surface area contributed by atoms with E-state index < -0.39 is 6.04 Å². The van der Waals surface area contributed by atoms with Crippen LogP contribution in [0.1, 0.15) is 44.6 Å². The minimum absolute atomic E-state index is 0.138. The third kappa shape index (κ3) is 6.88. The summed E-state index contributed by atoms with van der Waals surface area (Å²) in [7, 11) is 0. The molecule has 2 aromatic carbocycles. The molecule has 0 unspecified atom stereocenters. The van der Waals surface area contributed by atoms with Crippen LogP contribution in [0.15, 0.2) is 48.5 Å². The van der Waals surface area contributed by atoms with Gasteiger partial charge in [-0.2, -0.15) is 0 Å². The molecule has 1 fully saturated rings. The summed E-state index contributed by atoms with van der Waals surface area (Å²) in [4.78, 5) is 27.6. The Kier molecular flexibility index (Phi) is 8.61. The second kappa shape index (κ2) is 11.4. The van der Waals surface area contributed by atoms with E-state index in [4.69, 9.17) is 27.9 Å². The standard InChI is InChI=1S/C24H28Cl2N2O3/c1-17(24(30)27-20-10-6-3-7-11-20)28(15-18-8-4-2-5-9-18)23(29)16-31-22-13-12-19(25)14-21(22)26/h2,4-5,8-9,12-14,17,20H,3,6-7,10-11,15-16H2,1H3,(H,27,30)/t17-/m1/s1. The number of ether oxygens (including phenoxy) is 1. The lowest BCUT2D eigenvalue weighted by Crippen LogP contribution is -2.51. The summed E-state index contributed by atoms with van der Waals surface area (Å²) < 4.78 is 5.64. The van der Waals surface area contributed by atoms with Crippen LogP contribution in [0.3, 0.4) is 0 Å². The molecule has 31 heavy (non-hydrogen) atoms. The number of benzene rings is 2. The van der Waals surface area contributed by atoms with Crippen molar-refractivity contribution in [3.63, 3.8) is 0 Å². The van der Waals surface area contributed by atoms with Crippen LogP contribution in [-0.4, -0.2) is 35.4 Å². The molecule has 0 saturated heterocycles. The second-order valence-corrected chi connectivity index (χ2v) is 8.73. The average molecular weight is 463 g/mol. The maximum absolute atomic E-state index is 13.1. The number of halogens is 2. The van der Waals surface area contributed by atoms with Gasteiger partial charge in [0.15, 0.2) is 6.61 Å². The summed E-state index contributed by atoms with van der Waals surface area (Å²) in [6.07, 6.45) is 5.45. The molecule has 3 rings (SSSR count). The van der Waals surface area contributed by atoms with Crippen LogP contribution in [0.2, 0.25) is 10.0 Å². The van der Waals surface area contributed by atoms with Crippen LogP contribution in [-0.2, 0) is 16.1 Å². The number of nitrogens with one attached hydrogen (secondary N) is 1. The van der Waals surface area contributed by atoms with E-state index in [1.165, 1.54) is 6.42 Å². The molecule has 1 saturated carbocycles. The zero-order valence-corrected chi connectivity index (χ0v) is 19.2. The number of carbonyl (C=O) groups is 2. The van der Waals surface area contributed by atoms with Gasteiger partial charge in [-0.1, -0.05) is 72.8 Å². The molecule has 0 spiro atoms. The number of nitrogens with zero attached hydrogens (tertiary/aromatic N) is 1. The molecule has 1 aliphatic rings. The first-order valence-electron chi connectivity index (χ1n) is 10.7. The maximum Gasteiger partial charge on any atom is 0.261 e. The van der Waals surface area contributed by atoms with Gasteiger partial charge in [0, 0.05) is 17.6 Å². The molecule has 5 nitrogen and oxygen atoms in total. The van der Waals surface area contributed by atoms with Gasteiger partial charge in [0.05, 0.1) is 5.02 Å². The van der Waals surface area contributed by atoms with E-state index in [1.54, 1.807) is 30.0 Å². The van der Waals surface area contributed by atoms with E-state index >= 15 is 0 Å². The SMILES string of the molecule is C[C@H](C(=O)NC1CCCCC1)N(Cc1ccccc1)C(=O)COc1ccc(Cl)cc1Cl. The zero-order valence-electron chi connectivity index (χ0n) is 17.7. The lowest BCUT2D eigenvalue weighted by molar-refractivity contribution is -0.142. The van der Waals surface area contributed by atoms with Gasteiger partial charge in [0.1, 0.15) is 11.8 Å². The van der Waals surface area contributed by atoms with Crippen molar-refractivity contribution in [3.05, 3.63) is 64.1 Å². The van der Waals surface area contributed by atoms with Crippen molar-refractivity contribution < 1.29 is 14.3 Å². The molecule has 0 bridgehead atoms. The van der Waals surface area contributed by atoms with E-state index in [1.807, 2.05) is 30.3 Å². The Bertz CT molecular complexity index is 886. The van der Waals surface area contributed by atoms with Crippen molar-refractivity contribution in [1.82, 2.24) is 10.2 Å². The minimum atomic E-state index is -0.626. The summed E-state index contributed by atoms with van der Waals surface area (Å²) in [5.74, 6) is -0.0553. The topological polar surface area (TPSA) is 58.6 Å². The first-order chi connectivity index (χ1) is 14.9. The van der Waals surface area contributed by atoms with Gasteiger partial charge in [-0.05, 0) is 43.5 Å². The number of hydrogen-bond acceptors (Lipinski definition) is 3. The van der Waals surface area contributed by atoms with Crippen molar-refractivity contribution in [2.75, 3.05) is 6.61 Å². The highest BCUT2D eigenvalue weighted by Crippen LogP contribution is 2.27. The van der Waals surface area contributed by atoms with E-state index in [-0.39, 0.29) is 24.5 Å². The number of hydrogen-bond donors (Lipinski definition) is 1. The van der Waals surface area contributed by atoms with Gasteiger partial charge in [-0.25, -0.2) is 0 Å². The monoisotopic (exact) mass is 462 g/mol. The minimum Gasteiger partial charge on any atom is -0.482 e. The fourth-order valence-electron chi connectivity index (χ4n) is 3.75. The summed E-state index contributed by atoms with van der Waals surface area (Å²) >= 11 is 12.1. The third-order valence-corrected chi connectivity index (χ3v) is 6.09. The van der Waals surface area contributed by atoms with E-state index in [2.05, 4.69) is 5.32 Å². The summed E-state index contributed by atoms with van der Waals surface area (Å²) in [6.45, 7) is 1.85. The molecule has 0 aromatic heterocycles. The molecule has 0 radical (unpaired) electrons. The molecule has 166 valence electrons. The van der Waals surface area contributed by atoms with Crippen molar-refractivity contribution in [2.24, 2.45) is 0 Å². The Hall–Kier alpha value is -2.24. The van der Waals surface area contributed by atoms with Crippen LogP contribution in [0.25, 0.3) is 0 Å². The molecule has 0 heterocycles. The lowest BCUT2D eigenvalue weighted by atomic mass is 9.95. The number of rotatable bonds is 8. The van der Waals surface area contributed by atoms with Gasteiger partial charge in [-0.3, -0.25) is 9.59 Å². The molecule has 1 aliphatic carbocycles. The Morgan fingerprint density at radius 2 is 1.81 bits per heavy atom. The normalized spacial score (nSPS) is 15.2. The maximum atomic E-state index is 13.1. The van der Waals surface area contributed by atoms with Crippen LogP contribution >= 0.6 is 23.2 Å². The fraction of sp³-hybridized carbons (Fsp3) is 0.417. The van der Waals surface area contributed by atoms with E-state index in [0.29, 0.717) is 22.3 Å². The van der Waals surface area contributed by atoms with Crippen molar-refractivity contribution in [3.8, 4) is 5.75 Å². The average Bonchev–Trinajstić information content (AvgIpc) is 2.77. The molecular formula is C24H28Cl2N2O3. The molecule has 1 N–H and O–H groups in total. The van der Waals surface area contributed by atoms with Crippen LogP contribution in [0.4, 0.5) is 0 Å². The van der Waals surface area contributed by atoms with Gasteiger partial charge >= 0.3 is 0 Å². The zero-order chi connectivity index (χ0) is 22.2. The molecule has 2 amide bonds. The molecule has 2 aromatic rings. The highest BCUT2D eigenvalue weighted by molar-refractivity contribution is 6.35. The van der Waals surface area contributed by atoms with Gasteiger partial charge < -0.3 is 15.0 Å². The Labute approximate surface area is 193 Å². The highest BCUT2D eigenvalue weighted by atomic mass is 35.5. The second-order valence-electron chi connectivity index (χ2n) is 7.89. The van der Waals surface area contributed by atoms with Crippen LogP contribution in [0.5, 0.6) is 5.75 Å². The largest absolute Gasteiger partial charge is 0.482 e. The summed E-state index contributed by atoms with van der Waals surface area (Å²) in [5, 5.41) is 3.94. The predicted octanol–water partition coefficient (Wildman–Crippen LogP) is 5.24. The van der Waals surface area contributed by atoms with E-state index in [0.717, 1.165) is 31.2 Å². The van der Waals surface area contributed by atoms with Crippen molar-refractivity contribution >= 4 is 35.0 Å². The van der Waals surface area contributed by atoms with E-state index in [9.17, 15) is 9.59 Å². The number of amides is 2. The Morgan fingerprint density at radius 3 is 2.48 bits per heavy atom. The van der Waals surface area contributed by atoms with Gasteiger partial charge in [0.25, 0.3) is 5.91 Å². The van der Waals surface area contributed by atoms with Crippen LogP contribution < -0.4 is 10.1 Å². The fourth-order valence-corrected chi connectivity index (χ4v) is 4.21. The smallest absolute Gasteiger partial charge is 0.261 e. The Balaban J connectivity index is 1.69. The first kappa shape index (κ1) is 23.4. The molecular weight excluding hydrogens is 435 g/mol. The Morgan fingerprint density at radius 1 is 1.10 bits per heavy atom. The van der Waals surface area contributed by atoms with Gasteiger partial charge in [-0.15, -0.1) is 0 Å². The lowest BCUT2D eigenvalue weighted by Gasteiger charge is -2.31. The molecule has 7 heteroatoms. The van der Waals surface area contributed by atoms with Crippen molar-refractivity contribution in [1.29, 1.82) is 0 Å². The summed E-state index contributed by atoms with van der Waals surface area (Å²) in [5.41, 5.74) is 0.942. The molecule has 0 aliphatic heterocycles. The highest BCUT2D eigenvalue weighted by Gasteiger charge is 2.28. The van der Waals surface area contributed by atoms with Gasteiger partial charge in [0.2, 0.25) is 5.91 Å². The number of carbonyl (C=O) groups excluding carboxylic acids is 2.